The molecule has 0 radical (unpaired) electrons. The number of para-hydroxylation sites is 1. The van der Waals surface area contributed by atoms with E-state index in [4.69, 9.17) is 0 Å². The smallest absolute Gasteiger partial charge is 0.255 e. The van der Waals surface area contributed by atoms with Gasteiger partial charge in [-0.15, -0.1) is 0 Å². The van der Waals surface area contributed by atoms with Crippen LogP contribution in [0, 0.1) is 0 Å². The van der Waals surface area contributed by atoms with Crippen molar-refractivity contribution in [2.24, 2.45) is 0 Å². The van der Waals surface area contributed by atoms with E-state index in [1.165, 1.54) is 5.56 Å². The number of thioether (sulfide) groups is 1. The van der Waals surface area contributed by atoms with Crippen LogP contribution in [-0.2, 0) is 11.3 Å². The van der Waals surface area contributed by atoms with Crippen LogP contribution in [0.5, 0.6) is 0 Å². The van der Waals surface area contributed by atoms with E-state index in [2.05, 4.69) is 28.3 Å². The summed E-state index contributed by atoms with van der Waals surface area (Å²) in [4.78, 5) is 12.4. The fraction of sp³-hybridized carbons (Fsp3) is 0.278. The van der Waals surface area contributed by atoms with Crippen molar-refractivity contribution in [2.45, 2.75) is 19.0 Å². The number of carbonyl (C=O) groups is 1. The molecule has 0 aliphatic rings. The first-order valence-corrected chi connectivity index (χ1v) is 9.06. The first kappa shape index (κ1) is 17.4. The molecule has 1 atom stereocenters. The quantitative estimate of drug-likeness (QED) is 0.619. The number of nitrogens with one attached hydrogen (secondary N) is 3. The summed E-state index contributed by atoms with van der Waals surface area (Å²) in [5.41, 5.74) is 7.78. The molecule has 1 amide bonds. The molecule has 0 saturated carbocycles. The zero-order valence-corrected chi connectivity index (χ0v) is 14.1. The molecule has 2 aromatic rings. The van der Waals surface area contributed by atoms with Gasteiger partial charge < -0.3 is 5.32 Å². The van der Waals surface area contributed by atoms with Gasteiger partial charge in [-0.25, -0.2) is 0 Å². The van der Waals surface area contributed by atoms with E-state index in [1.807, 2.05) is 54.8 Å². The van der Waals surface area contributed by atoms with Crippen LogP contribution in [0.25, 0.3) is 0 Å². The molecule has 0 saturated heterocycles. The highest BCUT2D eigenvalue weighted by Gasteiger charge is 2.17. The van der Waals surface area contributed by atoms with Crippen molar-refractivity contribution in [3.8, 4) is 0 Å². The Morgan fingerprint density at radius 1 is 1.04 bits per heavy atom. The lowest BCUT2D eigenvalue weighted by Crippen LogP contribution is -2.46. The molecule has 2 aromatic carbocycles. The van der Waals surface area contributed by atoms with E-state index in [1.54, 1.807) is 11.8 Å². The second-order valence-electron chi connectivity index (χ2n) is 5.18. The van der Waals surface area contributed by atoms with Crippen molar-refractivity contribution in [3.63, 3.8) is 0 Å². The van der Waals surface area contributed by atoms with E-state index in [-0.39, 0.29) is 11.9 Å². The predicted molar refractivity (Wildman–Crippen MR) is 98.3 cm³/mol. The maximum atomic E-state index is 12.4. The van der Waals surface area contributed by atoms with Crippen molar-refractivity contribution in [3.05, 3.63) is 66.2 Å². The Hall–Kier alpha value is -1.98. The summed E-state index contributed by atoms with van der Waals surface area (Å²) in [5.74, 6) is 0.893. The maximum absolute atomic E-state index is 12.4. The molecule has 122 valence electrons. The van der Waals surface area contributed by atoms with Crippen LogP contribution in [0.1, 0.15) is 12.0 Å². The van der Waals surface area contributed by atoms with Crippen LogP contribution in [0.3, 0.4) is 0 Å². The normalized spacial score (nSPS) is 11.7. The topological polar surface area (TPSA) is 53.2 Å². The van der Waals surface area contributed by atoms with Crippen molar-refractivity contribution in [1.29, 1.82) is 0 Å². The summed E-state index contributed by atoms with van der Waals surface area (Å²) >= 11 is 1.74. The second-order valence-corrected chi connectivity index (χ2v) is 6.17. The number of hydrogen-bond acceptors (Lipinski definition) is 4. The zero-order chi connectivity index (χ0) is 16.3. The van der Waals surface area contributed by atoms with Gasteiger partial charge in [-0.3, -0.25) is 15.6 Å². The van der Waals surface area contributed by atoms with Crippen molar-refractivity contribution in [1.82, 2.24) is 10.7 Å². The molecule has 1 unspecified atom stereocenters. The lowest BCUT2D eigenvalue weighted by Gasteiger charge is -2.19. The lowest BCUT2D eigenvalue weighted by atomic mass is 10.1. The Balaban J connectivity index is 1.87. The summed E-state index contributed by atoms with van der Waals surface area (Å²) in [6.07, 6.45) is 2.84. The van der Waals surface area contributed by atoms with Gasteiger partial charge in [0.25, 0.3) is 5.91 Å². The van der Waals surface area contributed by atoms with Crippen molar-refractivity contribution < 1.29 is 4.79 Å². The molecule has 4 nitrogen and oxygen atoms in total. The Kier molecular flexibility index (Phi) is 7.49. The molecular weight excluding hydrogens is 306 g/mol. The number of amides is 1. The molecule has 0 aliphatic carbocycles. The fourth-order valence-corrected chi connectivity index (χ4v) is 2.61. The monoisotopic (exact) mass is 329 g/mol. The number of anilines is 1. The lowest BCUT2D eigenvalue weighted by molar-refractivity contribution is -0.122. The van der Waals surface area contributed by atoms with Crippen LogP contribution in [0.2, 0.25) is 0 Å². The maximum Gasteiger partial charge on any atom is 0.255 e. The van der Waals surface area contributed by atoms with Gasteiger partial charge in [0.15, 0.2) is 0 Å². The van der Waals surface area contributed by atoms with Gasteiger partial charge in [-0.05, 0) is 36.1 Å². The van der Waals surface area contributed by atoms with Crippen molar-refractivity contribution >= 4 is 23.4 Å². The van der Waals surface area contributed by atoms with Crippen LogP contribution in [0.15, 0.2) is 60.7 Å². The van der Waals surface area contributed by atoms with Gasteiger partial charge in [0, 0.05) is 6.54 Å². The van der Waals surface area contributed by atoms with E-state index in [9.17, 15) is 4.79 Å². The highest BCUT2D eigenvalue weighted by Crippen LogP contribution is 2.06. The molecule has 0 heterocycles. The third-order valence-electron chi connectivity index (χ3n) is 3.43. The first-order valence-electron chi connectivity index (χ1n) is 7.67. The van der Waals surface area contributed by atoms with Gasteiger partial charge in [0.05, 0.1) is 11.7 Å². The summed E-state index contributed by atoms with van der Waals surface area (Å²) in [5, 5.41) is 3.34. The molecule has 3 N–H and O–H groups in total. The Morgan fingerprint density at radius 3 is 2.35 bits per heavy atom. The zero-order valence-electron chi connectivity index (χ0n) is 13.3. The minimum absolute atomic E-state index is 0.0427. The third-order valence-corrected chi connectivity index (χ3v) is 4.07. The minimum Gasteiger partial charge on any atom is -0.302 e. The average Bonchev–Trinajstić information content (AvgIpc) is 2.61. The molecule has 0 bridgehead atoms. The highest BCUT2D eigenvalue weighted by molar-refractivity contribution is 7.98. The van der Waals surface area contributed by atoms with E-state index in [0.717, 1.165) is 17.9 Å². The molecule has 0 spiro atoms. The highest BCUT2D eigenvalue weighted by atomic mass is 32.2. The third kappa shape index (κ3) is 6.34. The van der Waals surface area contributed by atoms with Crippen molar-refractivity contribution in [2.75, 3.05) is 17.4 Å². The molecule has 2 rings (SSSR count). The first-order chi connectivity index (χ1) is 11.3. The van der Waals surface area contributed by atoms with Crippen LogP contribution < -0.4 is 16.2 Å². The number of hydrogen-bond donors (Lipinski definition) is 3. The summed E-state index contributed by atoms with van der Waals surface area (Å²) in [6.45, 7) is 0.679. The number of carbonyl (C=O) groups excluding carboxylic acids is 1. The Labute approximate surface area is 142 Å². The number of rotatable bonds is 9. The molecule has 0 fully saturated rings. The van der Waals surface area contributed by atoms with Crippen LogP contribution >= 0.6 is 11.8 Å². The van der Waals surface area contributed by atoms with E-state index < -0.39 is 0 Å². The van der Waals surface area contributed by atoms with Gasteiger partial charge in [-0.2, -0.15) is 11.8 Å². The van der Waals surface area contributed by atoms with E-state index >= 15 is 0 Å². The second kappa shape index (κ2) is 9.92. The van der Waals surface area contributed by atoms with E-state index in [0.29, 0.717) is 6.54 Å². The molecule has 0 aromatic heterocycles. The standard InChI is InChI=1S/C18H23N3OS/c1-23-13-12-17(19-14-15-8-4-2-5-9-15)18(22)21-20-16-10-6-3-7-11-16/h2-11,17,19-20H,12-14H2,1H3,(H,21,22). The van der Waals surface area contributed by atoms with Gasteiger partial charge >= 0.3 is 0 Å². The largest absolute Gasteiger partial charge is 0.302 e. The fourth-order valence-electron chi connectivity index (χ4n) is 2.14. The number of benzene rings is 2. The molecule has 5 heteroatoms. The Morgan fingerprint density at radius 2 is 1.70 bits per heavy atom. The van der Waals surface area contributed by atoms with Gasteiger partial charge in [0.1, 0.15) is 0 Å². The number of hydrazine groups is 1. The Bertz CT molecular complexity index is 577. The summed E-state index contributed by atoms with van der Waals surface area (Å²) < 4.78 is 0. The minimum atomic E-state index is -0.223. The van der Waals surface area contributed by atoms with Crippen LogP contribution in [-0.4, -0.2) is 24.0 Å². The molecule has 0 aliphatic heterocycles. The SMILES string of the molecule is CSCCC(NCc1ccccc1)C(=O)NNc1ccccc1. The average molecular weight is 329 g/mol. The summed E-state index contributed by atoms with van der Waals surface area (Å²) in [6, 6.07) is 19.5. The van der Waals surface area contributed by atoms with Crippen LogP contribution in [0.4, 0.5) is 5.69 Å². The van der Waals surface area contributed by atoms with Gasteiger partial charge in [-0.1, -0.05) is 48.5 Å². The predicted octanol–water partition coefficient (Wildman–Crippen LogP) is 3.04. The molecular formula is C18H23N3OS. The van der Waals surface area contributed by atoms with Gasteiger partial charge in [0.2, 0.25) is 0 Å². The molecule has 23 heavy (non-hydrogen) atoms. The summed E-state index contributed by atoms with van der Waals surface area (Å²) in [7, 11) is 0.